The van der Waals surface area contributed by atoms with Crippen molar-refractivity contribution >= 4 is 32.2 Å². The van der Waals surface area contributed by atoms with E-state index in [1.54, 1.807) is 27.8 Å². The Labute approximate surface area is 215 Å². The van der Waals surface area contributed by atoms with Gasteiger partial charge in [-0.1, -0.05) is 72.8 Å². The molecule has 0 radical (unpaired) electrons. The predicted molar refractivity (Wildman–Crippen MR) is 145 cm³/mol. The second kappa shape index (κ2) is 9.61. The van der Waals surface area contributed by atoms with Gasteiger partial charge in [0.25, 0.3) is 0 Å². The Balaban J connectivity index is 1.30. The third-order valence-electron chi connectivity index (χ3n) is 6.74. The molecule has 0 aliphatic carbocycles. The highest BCUT2D eigenvalue weighted by Gasteiger charge is 2.32. The first-order valence-corrected chi connectivity index (χ1v) is 14.4. The SMILES string of the molecule is O=S(=O)(c1ccc(-c2csc(N3N=C(c4ccccc4)C[C@@H]3c3ccccc3)n2)cc1)N1CCCC1. The molecule has 0 unspecified atom stereocenters. The standard InChI is InChI=1S/C28H26N4O2S2/c33-36(34,31-17-7-8-18-31)24-15-13-22(14-16-24)26-20-35-28(29-26)32-27(23-11-5-2-6-12-23)19-25(30-32)21-9-3-1-4-10-21/h1-6,9-16,20,27H,7-8,17-19H2/t27-/m1/s1. The van der Waals surface area contributed by atoms with E-state index in [0.717, 1.165) is 46.9 Å². The Morgan fingerprint density at radius 1 is 0.806 bits per heavy atom. The summed E-state index contributed by atoms with van der Waals surface area (Å²) in [7, 11) is -3.43. The Morgan fingerprint density at radius 3 is 2.17 bits per heavy atom. The largest absolute Gasteiger partial charge is 0.243 e. The Bertz CT molecular complexity index is 1480. The summed E-state index contributed by atoms with van der Waals surface area (Å²) in [5, 5.41) is 9.85. The van der Waals surface area contributed by atoms with E-state index in [2.05, 4.69) is 36.4 Å². The average Bonchev–Trinajstić information content (AvgIpc) is 3.71. The molecule has 0 amide bonds. The Hall–Kier alpha value is -3.33. The Kier molecular flexibility index (Phi) is 6.17. The van der Waals surface area contributed by atoms with E-state index >= 15 is 0 Å². The lowest BCUT2D eigenvalue weighted by atomic mass is 9.99. The van der Waals surface area contributed by atoms with Crippen LogP contribution in [0.4, 0.5) is 5.13 Å². The molecule has 1 saturated heterocycles. The summed E-state index contributed by atoms with van der Waals surface area (Å²) < 4.78 is 27.3. The first-order valence-electron chi connectivity index (χ1n) is 12.1. The molecule has 0 saturated carbocycles. The summed E-state index contributed by atoms with van der Waals surface area (Å²) in [5.74, 6) is 0. The number of rotatable bonds is 6. The van der Waals surface area contributed by atoms with Gasteiger partial charge in [0.15, 0.2) is 0 Å². The van der Waals surface area contributed by atoms with Crippen molar-refractivity contribution in [2.45, 2.75) is 30.2 Å². The van der Waals surface area contributed by atoms with E-state index in [9.17, 15) is 8.42 Å². The van der Waals surface area contributed by atoms with Gasteiger partial charge in [0.2, 0.25) is 15.2 Å². The van der Waals surface area contributed by atoms with Crippen molar-refractivity contribution in [3.63, 3.8) is 0 Å². The molecular formula is C28H26N4O2S2. The first-order chi connectivity index (χ1) is 17.6. The zero-order valence-corrected chi connectivity index (χ0v) is 21.3. The van der Waals surface area contributed by atoms with Gasteiger partial charge in [-0.3, -0.25) is 0 Å². The quantitative estimate of drug-likeness (QED) is 0.319. The number of hydrogen-bond acceptors (Lipinski definition) is 6. The van der Waals surface area contributed by atoms with Crippen LogP contribution >= 0.6 is 11.3 Å². The molecule has 2 aliphatic rings. The number of benzene rings is 3. The van der Waals surface area contributed by atoms with Crippen LogP contribution in [0.5, 0.6) is 0 Å². The van der Waals surface area contributed by atoms with Crippen LogP contribution in [0.25, 0.3) is 11.3 Å². The molecule has 6 rings (SSSR count). The van der Waals surface area contributed by atoms with Crippen LogP contribution in [-0.2, 0) is 10.0 Å². The van der Waals surface area contributed by atoms with Gasteiger partial charge in [0.1, 0.15) is 0 Å². The highest BCUT2D eigenvalue weighted by Crippen LogP contribution is 2.39. The van der Waals surface area contributed by atoms with E-state index in [1.165, 1.54) is 5.56 Å². The number of anilines is 1. The van der Waals surface area contributed by atoms with E-state index in [1.807, 2.05) is 46.8 Å². The molecule has 3 heterocycles. The summed E-state index contributed by atoms with van der Waals surface area (Å²) in [6, 6.07) is 27.8. The summed E-state index contributed by atoms with van der Waals surface area (Å²) >= 11 is 1.55. The van der Waals surface area contributed by atoms with Gasteiger partial charge in [0, 0.05) is 30.5 Å². The molecule has 2 aliphatic heterocycles. The third kappa shape index (κ3) is 4.36. The summed E-state index contributed by atoms with van der Waals surface area (Å²) in [6.45, 7) is 1.20. The monoisotopic (exact) mass is 514 g/mol. The second-order valence-electron chi connectivity index (χ2n) is 9.04. The minimum absolute atomic E-state index is 0.0633. The molecule has 0 N–H and O–H groups in total. The van der Waals surface area contributed by atoms with Gasteiger partial charge in [-0.15, -0.1) is 11.3 Å². The van der Waals surface area contributed by atoms with Crippen LogP contribution in [0.1, 0.15) is 36.4 Å². The fourth-order valence-electron chi connectivity index (χ4n) is 4.80. The molecule has 182 valence electrons. The minimum Gasteiger partial charge on any atom is -0.231 e. The van der Waals surface area contributed by atoms with E-state index in [0.29, 0.717) is 18.0 Å². The molecule has 0 bridgehead atoms. The maximum Gasteiger partial charge on any atom is 0.243 e. The van der Waals surface area contributed by atoms with Crippen LogP contribution in [0.2, 0.25) is 0 Å². The molecule has 0 spiro atoms. The lowest BCUT2D eigenvalue weighted by molar-refractivity contribution is 0.477. The van der Waals surface area contributed by atoms with Crippen molar-refractivity contribution in [3.05, 3.63) is 101 Å². The maximum atomic E-state index is 12.9. The second-order valence-corrected chi connectivity index (χ2v) is 11.8. The molecular weight excluding hydrogens is 488 g/mol. The zero-order valence-electron chi connectivity index (χ0n) is 19.7. The van der Waals surface area contributed by atoms with Crippen LogP contribution in [-0.4, -0.2) is 36.5 Å². The number of sulfonamides is 1. The zero-order chi connectivity index (χ0) is 24.5. The fraction of sp³-hybridized carbons (Fsp3) is 0.214. The van der Waals surface area contributed by atoms with Crippen LogP contribution in [0, 0.1) is 0 Å². The minimum atomic E-state index is -3.43. The van der Waals surface area contributed by atoms with Crippen molar-refractivity contribution in [3.8, 4) is 11.3 Å². The lowest BCUT2D eigenvalue weighted by Crippen LogP contribution is -2.27. The summed E-state index contributed by atoms with van der Waals surface area (Å²) in [6.07, 6.45) is 2.65. The van der Waals surface area contributed by atoms with Crippen molar-refractivity contribution in [2.75, 3.05) is 18.1 Å². The number of aromatic nitrogens is 1. The highest BCUT2D eigenvalue weighted by molar-refractivity contribution is 7.89. The third-order valence-corrected chi connectivity index (χ3v) is 9.49. The van der Waals surface area contributed by atoms with E-state index < -0.39 is 10.0 Å². The number of hydrogen-bond donors (Lipinski definition) is 0. The van der Waals surface area contributed by atoms with E-state index in [-0.39, 0.29) is 6.04 Å². The smallest absolute Gasteiger partial charge is 0.231 e. The molecule has 4 aromatic rings. The summed E-state index contributed by atoms with van der Waals surface area (Å²) in [4.78, 5) is 5.25. The van der Waals surface area contributed by atoms with Gasteiger partial charge in [-0.25, -0.2) is 18.4 Å². The first kappa shape index (κ1) is 23.1. The molecule has 1 aromatic heterocycles. The summed E-state index contributed by atoms with van der Waals surface area (Å²) in [5.41, 5.74) is 5.06. The maximum absolute atomic E-state index is 12.9. The number of nitrogens with zero attached hydrogens (tertiary/aromatic N) is 4. The van der Waals surface area contributed by atoms with Gasteiger partial charge < -0.3 is 0 Å². The average molecular weight is 515 g/mol. The van der Waals surface area contributed by atoms with Crippen molar-refractivity contribution in [2.24, 2.45) is 5.10 Å². The van der Waals surface area contributed by atoms with Gasteiger partial charge in [0.05, 0.1) is 22.3 Å². The topological polar surface area (TPSA) is 65.9 Å². The molecule has 6 nitrogen and oxygen atoms in total. The van der Waals surface area contributed by atoms with Gasteiger partial charge in [-0.2, -0.15) is 9.41 Å². The lowest BCUT2D eigenvalue weighted by Gasteiger charge is -2.21. The van der Waals surface area contributed by atoms with Crippen LogP contribution in [0.15, 0.2) is 100 Å². The van der Waals surface area contributed by atoms with Crippen LogP contribution < -0.4 is 5.01 Å². The fourth-order valence-corrected chi connectivity index (χ4v) is 7.15. The normalized spacial score (nSPS) is 18.5. The van der Waals surface area contributed by atoms with Crippen molar-refractivity contribution in [1.82, 2.24) is 9.29 Å². The molecule has 8 heteroatoms. The number of hydrazone groups is 1. The molecule has 1 fully saturated rings. The van der Waals surface area contributed by atoms with Crippen LogP contribution in [0.3, 0.4) is 0 Å². The molecule has 3 aromatic carbocycles. The molecule has 1 atom stereocenters. The highest BCUT2D eigenvalue weighted by atomic mass is 32.2. The van der Waals surface area contributed by atoms with E-state index in [4.69, 9.17) is 10.1 Å². The van der Waals surface area contributed by atoms with Gasteiger partial charge in [-0.05, 0) is 36.1 Å². The Morgan fingerprint density at radius 2 is 1.47 bits per heavy atom. The van der Waals surface area contributed by atoms with Crippen molar-refractivity contribution < 1.29 is 8.42 Å². The van der Waals surface area contributed by atoms with Gasteiger partial charge >= 0.3 is 0 Å². The van der Waals surface area contributed by atoms with Crippen molar-refractivity contribution in [1.29, 1.82) is 0 Å². The predicted octanol–water partition coefficient (Wildman–Crippen LogP) is 5.95. The molecule has 36 heavy (non-hydrogen) atoms. The number of thiazole rings is 1.